The lowest BCUT2D eigenvalue weighted by Crippen LogP contribution is -2.42. The van der Waals surface area contributed by atoms with Crippen LogP contribution in [0.5, 0.6) is 5.75 Å². The Morgan fingerprint density at radius 2 is 1.95 bits per heavy atom. The van der Waals surface area contributed by atoms with Crippen molar-refractivity contribution < 1.29 is 15.7 Å². The van der Waals surface area contributed by atoms with Crippen molar-refractivity contribution in [2.75, 3.05) is 20.6 Å². The second kappa shape index (κ2) is 5.93. The summed E-state index contributed by atoms with van der Waals surface area (Å²) >= 11 is 0. The third-order valence-corrected chi connectivity index (χ3v) is 3.85. The van der Waals surface area contributed by atoms with Crippen LogP contribution in [0.1, 0.15) is 49.0 Å². The summed E-state index contributed by atoms with van der Waals surface area (Å²) in [6.45, 7) is -2.43. The predicted octanol–water partition coefficient (Wildman–Crippen LogP) is 2.73. The van der Waals surface area contributed by atoms with E-state index in [-0.39, 0.29) is 12.3 Å². The first-order chi connectivity index (χ1) is 10.6. The van der Waals surface area contributed by atoms with Crippen LogP contribution in [0.15, 0.2) is 24.3 Å². The number of aliphatic hydroxyl groups is 1. The second-order valence-electron chi connectivity index (χ2n) is 5.47. The molecular formula is C16H25NO2. The minimum absolute atomic E-state index is 0.0795. The van der Waals surface area contributed by atoms with Gasteiger partial charge in [0.25, 0.3) is 0 Å². The third kappa shape index (κ3) is 3.48. The number of phenols is 1. The van der Waals surface area contributed by atoms with E-state index in [1.807, 2.05) is 0 Å². The summed E-state index contributed by atoms with van der Waals surface area (Å²) in [4.78, 5) is 1.14. The van der Waals surface area contributed by atoms with Crippen LogP contribution in [0.2, 0.25) is 0 Å². The monoisotopic (exact) mass is 267 g/mol. The largest absolute Gasteiger partial charge is 0.508 e. The molecule has 0 amide bonds. The second-order valence-corrected chi connectivity index (χ2v) is 5.47. The van der Waals surface area contributed by atoms with Gasteiger partial charge in [0.05, 0.1) is 5.60 Å². The van der Waals surface area contributed by atoms with E-state index in [9.17, 15) is 10.2 Å². The van der Waals surface area contributed by atoms with Gasteiger partial charge in [-0.1, -0.05) is 31.4 Å². The lowest BCUT2D eigenvalue weighted by atomic mass is 9.72. The number of hydrogen-bond donors (Lipinski definition) is 2. The number of aromatic hydroxyl groups is 1. The molecule has 1 atom stereocenters. The van der Waals surface area contributed by atoms with Gasteiger partial charge in [-0.15, -0.1) is 0 Å². The molecule has 3 heteroatoms. The molecule has 0 saturated heterocycles. The molecule has 0 radical (unpaired) electrons. The Kier molecular flexibility index (Phi) is 3.05. The first kappa shape index (κ1) is 9.78. The molecule has 1 aliphatic carbocycles. The van der Waals surface area contributed by atoms with E-state index in [0.29, 0.717) is 18.4 Å². The zero-order valence-electron chi connectivity index (χ0n) is 15.4. The number of hydrogen-bond acceptors (Lipinski definition) is 3. The fourth-order valence-electron chi connectivity index (χ4n) is 2.85. The maximum atomic E-state index is 11.2. The number of benzene rings is 1. The van der Waals surface area contributed by atoms with Crippen molar-refractivity contribution in [1.82, 2.24) is 4.90 Å². The maximum Gasteiger partial charge on any atom is 0.115 e. The van der Waals surface area contributed by atoms with Gasteiger partial charge in [0, 0.05) is 17.9 Å². The summed E-state index contributed by atoms with van der Waals surface area (Å²) in [6.07, 6.45) is 3.63. The molecule has 1 saturated carbocycles. The molecule has 0 bridgehead atoms. The van der Waals surface area contributed by atoms with Crippen LogP contribution >= 0.6 is 0 Å². The standard InChI is InChI=1S/C16H25NO2/c1-17(2)12-15(13-6-8-14(18)9-7-13)16(19)10-4-3-5-11-16/h6-9,15,18-19H,3-5,10-12H2,1-2H3/i1D3,15D. The Morgan fingerprint density at radius 1 is 1.32 bits per heavy atom. The van der Waals surface area contributed by atoms with Gasteiger partial charge in [-0.05, 0) is 44.6 Å². The van der Waals surface area contributed by atoms with E-state index in [0.717, 1.165) is 24.2 Å². The van der Waals surface area contributed by atoms with Gasteiger partial charge in [0.15, 0.2) is 0 Å². The normalized spacial score (nSPS) is 25.8. The lowest BCUT2D eigenvalue weighted by Gasteiger charge is -2.40. The van der Waals surface area contributed by atoms with E-state index >= 15 is 0 Å². The maximum absolute atomic E-state index is 11.2. The van der Waals surface area contributed by atoms with Crippen molar-refractivity contribution in [3.05, 3.63) is 29.8 Å². The van der Waals surface area contributed by atoms with E-state index < -0.39 is 18.5 Å². The average Bonchev–Trinajstić information content (AvgIpc) is 2.47. The Labute approximate surface area is 121 Å². The highest BCUT2D eigenvalue weighted by molar-refractivity contribution is 5.30. The van der Waals surface area contributed by atoms with Gasteiger partial charge in [-0.3, -0.25) is 0 Å². The molecule has 2 rings (SSSR count). The van der Waals surface area contributed by atoms with Crippen LogP contribution in [0.4, 0.5) is 0 Å². The van der Waals surface area contributed by atoms with Crippen molar-refractivity contribution in [2.24, 2.45) is 0 Å². The minimum atomic E-state index is -2.33. The Morgan fingerprint density at radius 3 is 2.53 bits per heavy atom. The number of nitrogens with zero attached hydrogens (tertiary/aromatic N) is 1. The first-order valence-corrected chi connectivity index (χ1v) is 6.82. The van der Waals surface area contributed by atoms with E-state index in [4.69, 9.17) is 5.48 Å². The molecule has 0 spiro atoms. The zero-order chi connectivity index (χ0) is 17.3. The van der Waals surface area contributed by atoms with Crippen LogP contribution < -0.4 is 0 Å². The smallest absolute Gasteiger partial charge is 0.115 e. The van der Waals surface area contributed by atoms with Crippen LogP contribution in [0.25, 0.3) is 0 Å². The molecule has 1 aliphatic rings. The molecule has 0 heterocycles. The first-order valence-electron chi connectivity index (χ1n) is 8.82. The summed E-state index contributed by atoms with van der Waals surface area (Å²) in [7, 11) is 1.45. The number of likely N-dealkylation sites (N-methyl/N-ethyl adjacent to an activating group) is 1. The fraction of sp³-hybridized carbons (Fsp3) is 0.625. The van der Waals surface area contributed by atoms with Crippen LogP contribution in [-0.4, -0.2) is 41.3 Å². The highest BCUT2D eigenvalue weighted by atomic mass is 16.3. The Hall–Kier alpha value is -1.06. The van der Waals surface area contributed by atoms with Crippen LogP contribution in [-0.2, 0) is 0 Å². The van der Waals surface area contributed by atoms with Crippen molar-refractivity contribution in [1.29, 1.82) is 0 Å². The minimum Gasteiger partial charge on any atom is -0.508 e. The van der Waals surface area contributed by atoms with Crippen molar-refractivity contribution in [3.63, 3.8) is 0 Å². The SMILES string of the molecule is [2H]C([2H])([2H])N(C)CC([2H])(c1ccc(O)cc1)C1(O)CCCCC1. The van der Waals surface area contributed by atoms with Crippen molar-refractivity contribution in [3.8, 4) is 5.75 Å². The van der Waals surface area contributed by atoms with Gasteiger partial charge in [-0.2, -0.15) is 0 Å². The quantitative estimate of drug-likeness (QED) is 0.881. The van der Waals surface area contributed by atoms with Gasteiger partial charge >= 0.3 is 0 Å². The molecule has 1 aromatic carbocycles. The summed E-state index contributed by atoms with van der Waals surface area (Å²) in [5.74, 6) is -1.39. The molecule has 106 valence electrons. The topological polar surface area (TPSA) is 43.7 Å². The van der Waals surface area contributed by atoms with Gasteiger partial charge in [0.1, 0.15) is 5.75 Å². The molecule has 1 aromatic rings. The molecule has 2 N–H and O–H groups in total. The van der Waals surface area contributed by atoms with Crippen LogP contribution in [0.3, 0.4) is 0 Å². The molecule has 3 nitrogen and oxygen atoms in total. The fourth-order valence-corrected chi connectivity index (χ4v) is 2.85. The van der Waals surface area contributed by atoms with E-state index in [2.05, 4.69) is 0 Å². The predicted molar refractivity (Wildman–Crippen MR) is 77.4 cm³/mol. The Bertz CT molecular complexity index is 526. The number of phenolic OH excluding ortho intramolecular Hbond substituents is 1. The van der Waals surface area contributed by atoms with Gasteiger partial charge in [0.2, 0.25) is 0 Å². The van der Waals surface area contributed by atoms with E-state index in [1.165, 1.54) is 19.2 Å². The highest BCUT2D eigenvalue weighted by Crippen LogP contribution is 2.40. The third-order valence-electron chi connectivity index (χ3n) is 3.85. The van der Waals surface area contributed by atoms with Crippen molar-refractivity contribution in [2.45, 2.75) is 43.6 Å². The lowest BCUT2D eigenvalue weighted by molar-refractivity contribution is -0.0277. The molecule has 0 aliphatic heterocycles. The summed E-state index contributed by atoms with van der Waals surface area (Å²) in [6, 6.07) is 6.14. The number of rotatable bonds is 4. The highest BCUT2D eigenvalue weighted by Gasteiger charge is 2.38. The summed E-state index contributed by atoms with van der Waals surface area (Å²) in [5.41, 5.74) is -0.752. The molecule has 1 unspecified atom stereocenters. The zero-order valence-corrected chi connectivity index (χ0v) is 11.4. The molecule has 19 heavy (non-hydrogen) atoms. The molecule has 0 aromatic heterocycles. The molecular weight excluding hydrogens is 238 g/mol. The average molecular weight is 267 g/mol. The summed E-state index contributed by atoms with van der Waals surface area (Å²) < 4.78 is 31.6. The van der Waals surface area contributed by atoms with Crippen LogP contribution in [0, 0.1) is 0 Å². The van der Waals surface area contributed by atoms with E-state index in [1.54, 1.807) is 12.1 Å². The van der Waals surface area contributed by atoms with Gasteiger partial charge < -0.3 is 15.1 Å². The molecule has 1 fully saturated rings. The van der Waals surface area contributed by atoms with Crippen molar-refractivity contribution >= 4 is 0 Å². The van der Waals surface area contributed by atoms with Gasteiger partial charge in [-0.25, -0.2) is 0 Å². The summed E-state index contributed by atoms with van der Waals surface area (Å²) in [5, 5.41) is 20.7. The Balaban J connectivity index is 2.43.